The second-order valence-corrected chi connectivity index (χ2v) is 6.98. The van der Waals surface area contributed by atoms with Gasteiger partial charge in [-0.3, -0.25) is 9.69 Å². The van der Waals surface area contributed by atoms with Crippen LogP contribution >= 0.6 is 0 Å². The molecule has 3 rings (SSSR count). The molecule has 5 heteroatoms. The van der Waals surface area contributed by atoms with Gasteiger partial charge in [0.2, 0.25) is 0 Å². The van der Waals surface area contributed by atoms with E-state index in [0.717, 1.165) is 19.5 Å². The highest BCUT2D eigenvalue weighted by Gasteiger charge is 2.22. The predicted molar refractivity (Wildman–Crippen MR) is 104 cm³/mol. The van der Waals surface area contributed by atoms with Gasteiger partial charge in [-0.05, 0) is 55.7 Å². The van der Waals surface area contributed by atoms with Gasteiger partial charge in [0.15, 0.2) is 6.10 Å². The molecule has 5 nitrogen and oxygen atoms in total. The number of nitriles is 1. The van der Waals surface area contributed by atoms with E-state index >= 15 is 0 Å². The summed E-state index contributed by atoms with van der Waals surface area (Å²) in [6, 6.07) is 17.6. The number of benzene rings is 2. The SMILES string of the molecule is CC(Oc1ccc(C#N)cc1)C(=O)NCC(C)N1CCc2ccccc2C1. The lowest BCUT2D eigenvalue weighted by molar-refractivity contribution is -0.127. The third-order valence-electron chi connectivity index (χ3n) is 5.02. The van der Waals surface area contributed by atoms with Gasteiger partial charge in [-0.15, -0.1) is 0 Å². The zero-order valence-corrected chi connectivity index (χ0v) is 15.8. The highest BCUT2D eigenvalue weighted by molar-refractivity contribution is 5.80. The lowest BCUT2D eigenvalue weighted by Crippen LogP contribution is -2.46. The van der Waals surface area contributed by atoms with Crippen molar-refractivity contribution in [2.75, 3.05) is 13.1 Å². The second-order valence-electron chi connectivity index (χ2n) is 6.98. The summed E-state index contributed by atoms with van der Waals surface area (Å²) in [6.45, 7) is 6.38. The van der Waals surface area contributed by atoms with E-state index in [9.17, 15) is 4.79 Å². The van der Waals surface area contributed by atoms with Crippen molar-refractivity contribution in [1.82, 2.24) is 10.2 Å². The Balaban J connectivity index is 1.47. The van der Waals surface area contributed by atoms with Crippen molar-refractivity contribution < 1.29 is 9.53 Å². The Labute approximate surface area is 160 Å². The van der Waals surface area contributed by atoms with Crippen LogP contribution in [0.25, 0.3) is 0 Å². The quantitative estimate of drug-likeness (QED) is 0.857. The van der Waals surface area contributed by atoms with Crippen molar-refractivity contribution in [3.8, 4) is 11.8 Å². The van der Waals surface area contributed by atoms with Crippen LogP contribution in [0.2, 0.25) is 0 Å². The normalized spacial score (nSPS) is 15.9. The monoisotopic (exact) mass is 363 g/mol. The average molecular weight is 363 g/mol. The Morgan fingerprint density at radius 3 is 2.59 bits per heavy atom. The van der Waals surface area contributed by atoms with Crippen LogP contribution in [0, 0.1) is 11.3 Å². The topological polar surface area (TPSA) is 65.4 Å². The molecule has 140 valence electrons. The van der Waals surface area contributed by atoms with Gasteiger partial charge in [-0.2, -0.15) is 5.26 Å². The minimum Gasteiger partial charge on any atom is -0.481 e. The first kappa shape index (κ1) is 18.9. The van der Waals surface area contributed by atoms with Crippen molar-refractivity contribution in [2.24, 2.45) is 0 Å². The Kier molecular flexibility index (Phi) is 6.10. The number of nitrogens with zero attached hydrogens (tertiary/aromatic N) is 2. The second kappa shape index (κ2) is 8.70. The van der Waals surface area contributed by atoms with Crippen molar-refractivity contribution in [3.05, 3.63) is 65.2 Å². The van der Waals surface area contributed by atoms with Gasteiger partial charge >= 0.3 is 0 Å². The van der Waals surface area contributed by atoms with E-state index in [-0.39, 0.29) is 11.9 Å². The van der Waals surface area contributed by atoms with E-state index in [2.05, 4.69) is 47.5 Å². The summed E-state index contributed by atoms with van der Waals surface area (Å²) in [6.07, 6.45) is 0.458. The maximum absolute atomic E-state index is 12.3. The Morgan fingerprint density at radius 1 is 1.19 bits per heavy atom. The summed E-state index contributed by atoms with van der Waals surface area (Å²) in [7, 11) is 0. The van der Waals surface area contributed by atoms with Gasteiger partial charge in [0.25, 0.3) is 5.91 Å². The largest absolute Gasteiger partial charge is 0.481 e. The Bertz CT molecular complexity index is 826. The third kappa shape index (κ3) is 4.87. The molecule has 1 N–H and O–H groups in total. The molecule has 2 aromatic carbocycles. The molecule has 0 aliphatic carbocycles. The molecule has 0 aromatic heterocycles. The molecule has 2 aromatic rings. The zero-order valence-electron chi connectivity index (χ0n) is 15.8. The van der Waals surface area contributed by atoms with Crippen molar-refractivity contribution in [3.63, 3.8) is 0 Å². The highest BCUT2D eigenvalue weighted by Crippen LogP contribution is 2.20. The van der Waals surface area contributed by atoms with Gasteiger partial charge in [-0.1, -0.05) is 24.3 Å². The molecule has 1 aliphatic rings. The maximum Gasteiger partial charge on any atom is 0.260 e. The summed E-state index contributed by atoms with van der Waals surface area (Å²) in [4.78, 5) is 14.7. The third-order valence-corrected chi connectivity index (χ3v) is 5.02. The molecule has 0 bridgehead atoms. The number of ether oxygens (including phenoxy) is 1. The van der Waals surface area contributed by atoms with E-state index in [1.54, 1.807) is 31.2 Å². The summed E-state index contributed by atoms with van der Waals surface area (Å²) in [5, 5.41) is 11.8. The molecule has 0 saturated carbocycles. The standard InChI is InChI=1S/C22H25N3O2/c1-16(25-12-11-19-5-3-4-6-20(19)15-25)14-24-22(26)17(2)27-21-9-7-18(13-23)8-10-21/h3-10,16-17H,11-12,14-15H2,1-2H3,(H,24,26). The van der Waals surface area contributed by atoms with E-state index in [1.807, 2.05) is 0 Å². The molecule has 1 heterocycles. The van der Waals surface area contributed by atoms with Gasteiger partial charge < -0.3 is 10.1 Å². The van der Waals surface area contributed by atoms with Gasteiger partial charge in [0, 0.05) is 25.7 Å². The number of hydrogen-bond acceptors (Lipinski definition) is 4. The molecular formula is C22H25N3O2. The molecule has 0 fully saturated rings. The molecule has 0 saturated heterocycles. The summed E-state index contributed by atoms with van der Waals surface area (Å²) in [5.74, 6) is 0.445. The molecule has 1 aliphatic heterocycles. The van der Waals surface area contributed by atoms with E-state index in [4.69, 9.17) is 10.00 Å². The summed E-state index contributed by atoms with van der Waals surface area (Å²) in [5.41, 5.74) is 3.37. The molecular weight excluding hydrogens is 338 g/mol. The first-order chi connectivity index (χ1) is 13.1. The van der Waals surface area contributed by atoms with Crippen LogP contribution in [0.3, 0.4) is 0 Å². The number of amides is 1. The highest BCUT2D eigenvalue weighted by atomic mass is 16.5. The molecule has 2 atom stereocenters. The predicted octanol–water partition coefficient (Wildman–Crippen LogP) is 2.89. The minimum absolute atomic E-state index is 0.136. The fraction of sp³-hybridized carbons (Fsp3) is 0.364. The van der Waals surface area contributed by atoms with E-state index in [0.29, 0.717) is 17.9 Å². The first-order valence-corrected chi connectivity index (χ1v) is 9.32. The van der Waals surface area contributed by atoms with Crippen LogP contribution in [0.15, 0.2) is 48.5 Å². The van der Waals surface area contributed by atoms with E-state index < -0.39 is 6.10 Å². The summed E-state index contributed by atoms with van der Waals surface area (Å²) >= 11 is 0. The Hall–Kier alpha value is -2.84. The summed E-state index contributed by atoms with van der Waals surface area (Å²) < 4.78 is 5.66. The zero-order chi connectivity index (χ0) is 19.2. The number of fused-ring (bicyclic) bond motifs is 1. The van der Waals surface area contributed by atoms with Crippen LogP contribution in [-0.2, 0) is 17.8 Å². The molecule has 1 amide bonds. The molecule has 27 heavy (non-hydrogen) atoms. The van der Waals surface area contributed by atoms with Crippen molar-refractivity contribution >= 4 is 5.91 Å². The molecule has 0 radical (unpaired) electrons. The minimum atomic E-state index is -0.591. The number of hydrogen-bond donors (Lipinski definition) is 1. The van der Waals surface area contributed by atoms with Gasteiger partial charge in [0.1, 0.15) is 5.75 Å². The van der Waals surface area contributed by atoms with Crippen molar-refractivity contribution in [2.45, 2.75) is 39.0 Å². The molecule has 2 unspecified atom stereocenters. The smallest absolute Gasteiger partial charge is 0.260 e. The van der Waals surface area contributed by atoms with Crippen LogP contribution in [0.4, 0.5) is 0 Å². The van der Waals surface area contributed by atoms with Gasteiger partial charge in [-0.25, -0.2) is 0 Å². The number of nitrogens with one attached hydrogen (secondary N) is 1. The Morgan fingerprint density at radius 2 is 1.89 bits per heavy atom. The lowest BCUT2D eigenvalue weighted by Gasteiger charge is -2.34. The van der Waals surface area contributed by atoms with Gasteiger partial charge in [0.05, 0.1) is 11.6 Å². The number of rotatable bonds is 6. The number of carbonyl (C=O) groups is 1. The van der Waals surface area contributed by atoms with Crippen LogP contribution < -0.4 is 10.1 Å². The van der Waals surface area contributed by atoms with Crippen LogP contribution in [-0.4, -0.2) is 36.0 Å². The first-order valence-electron chi connectivity index (χ1n) is 9.32. The molecule has 0 spiro atoms. The number of carbonyl (C=O) groups excluding carboxylic acids is 1. The average Bonchev–Trinajstić information content (AvgIpc) is 2.71. The van der Waals surface area contributed by atoms with E-state index in [1.165, 1.54) is 11.1 Å². The fourth-order valence-corrected chi connectivity index (χ4v) is 3.28. The van der Waals surface area contributed by atoms with Crippen LogP contribution in [0.1, 0.15) is 30.5 Å². The van der Waals surface area contributed by atoms with Crippen molar-refractivity contribution in [1.29, 1.82) is 5.26 Å². The lowest BCUT2D eigenvalue weighted by atomic mass is 9.99. The fourth-order valence-electron chi connectivity index (χ4n) is 3.28. The van der Waals surface area contributed by atoms with Crippen LogP contribution in [0.5, 0.6) is 5.75 Å². The maximum atomic E-state index is 12.3.